The largest absolute Gasteiger partial charge is 0.393 e. The van der Waals surface area contributed by atoms with Crippen LogP contribution >= 0.6 is 48.4 Å². The number of aromatic nitrogens is 1. The van der Waals surface area contributed by atoms with E-state index in [1.54, 1.807) is 23.1 Å². The number of aliphatic hydroxyl groups excluding tert-OH is 2. The number of nitrogens with zero attached hydrogens (tertiary/aromatic N) is 2. The third-order valence-electron chi connectivity index (χ3n) is 4.16. The molecule has 0 aliphatic carbocycles. The van der Waals surface area contributed by atoms with Crippen LogP contribution in [0.15, 0.2) is 15.0 Å². The Hall–Kier alpha value is 0.240. The van der Waals surface area contributed by atoms with Crippen LogP contribution in [0.3, 0.4) is 0 Å². The summed E-state index contributed by atoms with van der Waals surface area (Å²) in [5.41, 5.74) is -1.45. The van der Waals surface area contributed by atoms with Crippen LogP contribution in [-0.4, -0.2) is 51.5 Å². The Kier molecular flexibility index (Phi) is 5.14. The van der Waals surface area contributed by atoms with Crippen LogP contribution < -0.4 is 5.09 Å². The van der Waals surface area contributed by atoms with Gasteiger partial charge in [0.25, 0.3) is 0 Å². The Balaban J connectivity index is 2.02. The van der Waals surface area contributed by atoms with Gasteiger partial charge in [0.1, 0.15) is 20.8 Å². The maximum Gasteiger partial charge on any atom is 0.160 e. The maximum absolute atomic E-state index is 9.62. The van der Waals surface area contributed by atoms with Crippen molar-refractivity contribution in [2.45, 2.75) is 17.6 Å². The molecule has 0 saturated carbocycles. The molecule has 10 heteroatoms. The van der Waals surface area contributed by atoms with E-state index in [1.807, 2.05) is 5.38 Å². The van der Waals surface area contributed by atoms with Crippen molar-refractivity contribution in [1.82, 2.24) is 10.1 Å². The Bertz CT molecular complexity index is 584. The summed E-state index contributed by atoms with van der Waals surface area (Å²) in [7, 11) is 2.47. The van der Waals surface area contributed by atoms with E-state index in [-0.39, 0.29) is 19.1 Å². The highest BCUT2D eigenvalue weighted by atomic mass is 79.9. The highest BCUT2D eigenvalue weighted by molar-refractivity contribution is 9.10. The monoisotopic (exact) mass is 425 g/mol. The van der Waals surface area contributed by atoms with E-state index in [4.69, 9.17) is 9.73 Å². The van der Waals surface area contributed by atoms with Crippen LogP contribution in [0, 0.1) is 5.92 Å². The van der Waals surface area contributed by atoms with E-state index in [0.29, 0.717) is 13.0 Å². The molecule has 3 N–H and O–H groups in total. The molecule has 0 amide bonds. The fraction of sp³-hybridized carbons (Fsp3) is 0.667. The lowest BCUT2D eigenvalue weighted by Gasteiger charge is -2.49. The van der Waals surface area contributed by atoms with E-state index < -0.39 is 11.1 Å². The van der Waals surface area contributed by atoms with Gasteiger partial charge in [-0.25, -0.2) is 9.98 Å². The molecule has 1 fully saturated rings. The first-order chi connectivity index (χ1) is 10.6. The second-order valence-electron chi connectivity index (χ2n) is 5.46. The van der Waals surface area contributed by atoms with Crippen LogP contribution in [-0.2, 0) is 10.3 Å². The predicted molar refractivity (Wildman–Crippen MR) is 95.2 cm³/mol. The van der Waals surface area contributed by atoms with Crippen molar-refractivity contribution in [2.24, 2.45) is 10.9 Å². The number of halogens is 1. The minimum absolute atomic E-state index is 0.144. The smallest absolute Gasteiger partial charge is 0.160 e. The van der Waals surface area contributed by atoms with Gasteiger partial charge in [-0.05, 0) is 31.7 Å². The number of rotatable bonds is 3. The van der Waals surface area contributed by atoms with Gasteiger partial charge in [0.05, 0.1) is 19.8 Å². The number of ether oxygens (including phenoxy) is 1. The third kappa shape index (κ3) is 2.85. The molecule has 6 nitrogen and oxygen atoms in total. The molecule has 2 aliphatic heterocycles. The average Bonchev–Trinajstić information content (AvgIpc) is 3.00. The zero-order chi connectivity index (χ0) is 15.8. The first-order valence-corrected chi connectivity index (χ1v) is 9.97. The van der Waals surface area contributed by atoms with Gasteiger partial charge in [-0.15, -0.1) is 11.3 Å². The topological polar surface area (TPSA) is 87.0 Å². The SMILES string of the molecule is OCC1(CO)C[C@H]2CSC(NP)=N[C@@]2(c2nc(Br)cs2)CO1. The fourth-order valence-corrected chi connectivity index (χ4v) is 5.69. The van der Waals surface area contributed by atoms with E-state index in [0.717, 1.165) is 20.5 Å². The van der Waals surface area contributed by atoms with Crippen molar-refractivity contribution in [2.75, 3.05) is 25.6 Å². The lowest BCUT2D eigenvalue weighted by molar-refractivity contribution is -0.170. The van der Waals surface area contributed by atoms with Crippen LogP contribution in [0.5, 0.6) is 0 Å². The Morgan fingerprint density at radius 2 is 2.27 bits per heavy atom. The van der Waals surface area contributed by atoms with Crippen LogP contribution in [0.4, 0.5) is 0 Å². The van der Waals surface area contributed by atoms with Gasteiger partial charge >= 0.3 is 0 Å². The number of hydrogen-bond donors (Lipinski definition) is 3. The van der Waals surface area contributed by atoms with E-state index in [9.17, 15) is 10.2 Å². The van der Waals surface area contributed by atoms with Gasteiger partial charge in [0.2, 0.25) is 0 Å². The molecule has 3 rings (SSSR count). The molecule has 1 saturated heterocycles. The molecule has 1 aromatic rings. The summed E-state index contributed by atoms with van der Waals surface area (Å²) in [6.45, 7) is -0.0866. The molecule has 22 heavy (non-hydrogen) atoms. The Morgan fingerprint density at radius 1 is 1.50 bits per heavy atom. The summed E-state index contributed by atoms with van der Waals surface area (Å²) >= 11 is 6.58. The van der Waals surface area contributed by atoms with Gasteiger partial charge in [-0.2, -0.15) is 0 Å². The number of thiazole rings is 1. The summed E-state index contributed by atoms with van der Waals surface area (Å²) in [5, 5.41) is 25.9. The third-order valence-corrected chi connectivity index (χ3v) is 7.41. The summed E-state index contributed by atoms with van der Waals surface area (Å²) in [4.78, 5) is 9.41. The summed E-state index contributed by atoms with van der Waals surface area (Å²) < 4.78 is 6.68. The lowest BCUT2D eigenvalue weighted by Crippen LogP contribution is -2.57. The summed E-state index contributed by atoms with van der Waals surface area (Å²) in [6.07, 6.45) is 0.553. The molecular formula is C12H17BrN3O3PS2. The van der Waals surface area contributed by atoms with Gasteiger partial charge in [-0.3, -0.25) is 0 Å². The maximum atomic E-state index is 9.62. The van der Waals surface area contributed by atoms with Crippen molar-refractivity contribution in [1.29, 1.82) is 0 Å². The van der Waals surface area contributed by atoms with Gasteiger partial charge in [0.15, 0.2) is 5.17 Å². The second kappa shape index (κ2) is 6.63. The molecular weight excluding hydrogens is 409 g/mol. The summed E-state index contributed by atoms with van der Waals surface area (Å²) in [6, 6.07) is 0. The molecule has 0 radical (unpaired) electrons. The Morgan fingerprint density at radius 3 is 2.86 bits per heavy atom. The highest BCUT2D eigenvalue weighted by Gasteiger charge is 2.54. The minimum atomic E-state index is -0.884. The number of aliphatic hydroxyl groups is 2. The number of nitrogens with one attached hydrogen (secondary N) is 1. The molecule has 2 aliphatic rings. The van der Waals surface area contributed by atoms with Gasteiger partial charge < -0.3 is 20.0 Å². The zero-order valence-electron chi connectivity index (χ0n) is 11.7. The summed E-state index contributed by atoms with van der Waals surface area (Å²) in [5.74, 6) is 0.980. The number of fused-ring (bicyclic) bond motifs is 1. The van der Waals surface area contributed by atoms with Gasteiger partial charge in [-0.1, -0.05) is 11.8 Å². The molecule has 1 aromatic heterocycles. The number of aliphatic imine (C=N–C) groups is 1. The Labute approximate surface area is 147 Å². The van der Waals surface area contributed by atoms with Crippen molar-refractivity contribution >= 4 is 53.6 Å². The first kappa shape index (κ1) is 17.1. The number of hydrogen-bond acceptors (Lipinski definition) is 8. The number of amidine groups is 1. The molecule has 0 aromatic carbocycles. The second-order valence-corrected chi connectivity index (χ2v) is 8.43. The van der Waals surface area contributed by atoms with Crippen LogP contribution in [0.2, 0.25) is 0 Å². The quantitative estimate of drug-likeness (QED) is 0.633. The average molecular weight is 426 g/mol. The molecule has 122 valence electrons. The molecule has 0 bridgehead atoms. The predicted octanol–water partition coefficient (Wildman–Crippen LogP) is 1.34. The molecule has 3 heterocycles. The van der Waals surface area contributed by atoms with Crippen molar-refractivity contribution < 1.29 is 14.9 Å². The minimum Gasteiger partial charge on any atom is -0.393 e. The lowest BCUT2D eigenvalue weighted by atomic mass is 9.76. The normalized spacial score (nSPS) is 30.5. The first-order valence-electron chi connectivity index (χ1n) is 6.74. The van der Waals surface area contributed by atoms with E-state index in [2.05, 4.69) is 35.4 Å². The van der Waals surface area contributed by atoms with E-state index in [1.165, 1.54) is 0 Å². The van der Waals surface area contributed by atoms with Crippen molar-refractivity contribution in [3.8, 4) is 0 Å². The van der Waals surface area contributed by atoms with Crippen LogP contribution in [0.1, 0.15) is 11.4 Å². The number of thioether (sulfide) groups is 1. The fourth-order valence-electron chi connectivity index (χ4n) is 2.85. The molecule has 0 spiro atoms. The van der Waals surface area contributed by atoms with Crippen molar-refractivity contribution in [3.05, 3.63) is 15.0 Å². The van der Waals surface area contributed by atoms with Crippen LogP contribution in [0.25, 0.3) is 0 Å². The van der Waals surface area contributed by atoms with E-state index >= 15 is 0 Å². The van der Waals surface area contributed by atoms with Crippen molar-refractivity contribution in [3.63, 3.8) is 0 Å². The van der Waals surface area contributed by atoms with Gasteiger partial charge in [0, 0.05) is 17.1 Å². The zero-order valence-corrected chi connectivity index (χ0v) is 16.0. The standard InChI is InChI=1S/C12H17BrN3O3PS2/c13-8-3-21-9(14-8)12-6-19-11(4-17,5-18)1-7(12)2-22-10(15-12)16-20/h3,7,17-18H,1-2,4-6,20H2,(H,15,16)/t7-,12-/m0/s1. The highest BCUT2D eigenvalue weighted by Crippen LogP contribution is 2.49. The molecule has 1 unspecified atom stereocenters. The molecule has 3 atom stereocenters.